The average Bonchev–Trinajstić information content (AvgIpc) is 2.35. The molecule has 2 unspecified atom stereocenters. The predicted octanol–water partition coefficient (Wildman–Crippen LogP) is 3.22. The van der Waals surface area contributed by atoms with E-state index in [4.69, 9.17) is 0 Å². The third kappa shape index (κ3) is 4.97. The van der Waals surface area contributed by atoms with Gasteiger partial charge in [-0.25, -0.2) is 0 Å². The molecule has 1 aromatic rings. The first kappa shape index (κ1) is 16.7. The lowest BCUT2D eigenvalue weighted by Crippen LogP contribution is -2.32. The van der Waals surface area contributed by atoms with Crippen molar-refractivity contribution in [1.82, 2.24) is 5.32 Å². The highest BCUT2D eigenvalue weighted by atomic mass is 16.3. The van der Waals surface area contributed by atoms with Crippen LogP contribution in [-0.4, -0.2) is 17.6 Å². The second-order valence-electron chi connectivity index (χ2n) is 6.65. The Morgan fingerprint density at radius 1 is 1.30 bits per heavy atom. The Labute approximate surface area is 122 Å². The van der Waals surface area contributed by atoms with Crippen molar-refractivity contribution in [2.75, 3.05) is 6.54 Å². The van der Waals surface area contributed by atoms with Gasteiger partial charge in [-0.2, -0.15) is 0 Å². The van der Waals surface area contributed by atoms with Gasteiger partial charge in [0.05, 0.1) is 6.10 Å². The predicted molar refractivity (Wildman–Crippen MR) is 82.4 cm³/mol. The highest BCUT2D eigenvalue weighted by Crippen LogP contribution is 2.27. The van der Waals surface area contributed by atoms with Gasteiger partial charge in [0.15, 0.2) is 0 Å². The van der Waals surface area contributed by atoms with Crippen molar-refractivity contribution >= 4 is 5.91 Å². The maximum absolute atomic E-state index is 11.9. The number of hydrogen-bond acceptors (Lipinski definition) is 2. The SMILES string of the molecule is Cc1ccccc1C(O)CNC(=O)CC(C)C(C)(C)C. The highest BCUT2D eigenvalue weighted by molar-refractivity contribution is 5.76. The number of benzene rings is 1. The van der Waals surface area contributed by atoms with Crippen molar-refractivity contribution in [1.29, 1.82) is 0 Å². The van der Waals surface area contributed by atoms with E-state index < -0.39 is 6.10 Å². The summed E-state index contributed by atoms with van der Waals surface area (Å²) in [4.78, 5) is 11.9. The summed E-state index contributed by atoms with van der Waals surface area (Å²) < 4.78 is 0. The molecule has 0 heterocycles. The van der Waals surface area contributed by atoms with Gasteiger partial charge in [-0.15, -0.1) is 0 Å². The zero-order valence-corrected chi connectivity index (χ0v) is 13.2. The normalized spacial score (nSPS) is 14.7. The van der Waals surface area contributed by atoms with Crippen LogP contribution in [0.3, 0.4) is 0 Å². The molecule has 3 nitrogen and oxygen atoms in total. The summed E-state index contributed by atoms with van der Waals surface area (Å²) in [6.07, 6.45) is -0.158. The van der Waals surface area contributed by atoms with Crippen LogP contribution in [0.1, 0.15) is 51.3 Å². The van der Waals surface area contributed by atoms with Crippen molar-refractivity contribution < 1.29 is 9.90 Å². The van der Waals surface area contributed by atoms with Gasteiger partial charge < -0.3 is 10.4 Å². The Bertz CT molecular complexity index is 449. The number of hydrogen-bond donors (Lipinski definition) is 2. The van der Waals surface area contributed by atoms with Gasteiger partial charge in [-0.3, -0.25) is 4.79 Å². The molecule has 0 aliphatic heterocycles. The average molecular weight is 277 g/mol. The third-order valence-corrected chi connectivity index (χ3v) is 4.01. The zero-order chi connectivity index (χ0) is 15.3. The fourth-order valence-electron chi connectivity index (χ4n) is 1.94. The molecule has 0 bridgehead atoms. The van der Waals surface area contributed by atoms with Crippen LogP contribution in [-0.2, 0) is 4.79 Å². The van der Waals surface area contributed by atoms with E-state index in [0.29, 0.717) is 12.3 Å². The van der Waals surface area contributed by atoms with Crippen LogP contribution in [0.15, 0.2) is 24.3 Å². The molecule has 0 radical (unpaired) electrons. The molecule has 0 aromatic heterocycles. The smallest absolute Gasteiger partial charge is 0.220 e. The second-order valence-corrected chi connectivity index (χ2v) is 6.65. The number of nitrogens with one attached hydrogen (secondary N) is 1. The van der Waals surface area contributed by atoms with Gasteiger partial charge in [-0.05, 0) is 29.4 Å². The maximum Gasteiger partial charge on any atom is 0.220 e. The number of carbonyl (C=O) groups is 1. The topological polar surface area (TPSA) is 49.3 Å². The summed E-state index contributed by atoms with van der Waals surface area (Å²) in [5.74, 6) is 0.304. The molecular weight excluding hydrogens is 250 g/mol. The Kier molecular flexibility index (Phi) is 5.75. The molecule has 112 valence electrons. The first-order valence-electron chi connectivity index (χ1n) is 7.22. The van der Waals surface area contributed by atoms with E-state index >= 15 is 0 Å². The number of carbonyl (C=O) groups excluding carboxylic acids is 1. The molecule has 2 atom stereocenters. The molecule has 1 rings (SSSR count). The molecule has 0 fully saturated rings. The van der Waals surface area contributed by atoms with Crippen LogP contribution in [0.2, 0.25) is 0 Å². The Morgan fingerprint density at radius 2 is 1.90 bits per heavy atom. The van der Waals surface area contributed by atoms with Crippen LogP contribution >= 0.6 is 0 Å². The van der Waals surface area contributed by atoms with Crippen LogP contribution in [0.25, 0.3) is 0 Å². The number of aryl methyl sites for hydroxylation is 1. The third-order valence-electron chi connectivity index (χ3n) is 4.01. The van der Waals surface area contributed by atoms with Gasteiger partial charge in [0.25, 0.3) is 0 Å². The fraction of sp³-hybridized carbons (Fsp3) is 0.588. The Morgan fingerprint density at radius 3 is 2.45 bits per heavy atom. The number of amides is 1. The van der Waals surface area contributed by atoms with Gasteiger partial charge in [0.1, 0.15) is 0 Å². The molecule has 0 saturated carbocycles. The van der Waals surface area contributed by atoms with Crippen molar-refractivity contribution in [3.8, 4) is 0 Å². The van der Waals surface area contributed by atoms with Crippen LogP contribution in [0.4, 0.5) is 0 Å². The largest absolute Gasteiger partial charge is 0.387 e. The van der Waals surface area contributed by atoms with E-state index in [1.807, 2.05) is 31.2 Å². The van der Waals surface area contributed by atoms with Crippen LogP contribution in [0, 0.1) is 18.3 Å². The first-order chi connectivity index (χ1) is 9.21. The molecule has 3 heteroatoms. The molecule has 0 aliphatic rings. The monoisotopic (exact) mass is 277 g/mol. The van der Waals surface area contributed by atoms with Crippen LogP contribution < -0.4 is 5.32 Å². The summed E-state index contributed by atoms with van der Waals surface area (Å²) in [5.41, 5.74) is 2.03. The van der Waals surface area contributed by atoms with E-state index in [9.17, 15) is 9.90 Å². The van der Waals surface area contributed by atoms with Gasteiger partial charge in [0, 0.05) is 13.0 Å². The summed E-state index contributed by atoms with van der Waals surface area (Å²) in [6, 6.07) is 7.69. The Hall–Kier alpha value is -1.35. The lowest BCUT2D eigenvalue weighted by molar-refractivity contribution is -0.123. The van der Waals surface area contributed by atoms with Gasteiger partial charge in [-0.1, -0.05) is 52.0 Å². The summed E-state index contributed by atoms with van der Waals surface area (Å²) in [5, 5.41) is 13.0. The van der Waals surface area contributed by atoms with Crippen molar-refractivity contribution in [3.05, 3.63) is 35.4 Å². The van der Waals surface area contributed by atoms with Gasteiger partial charge >= 0.3 is 0 Å². The fourth-order valence-corrected chi connectivity index (χ4v) is 1.94. The van der Waals surface area contributed by atoms with E-state index in [2.05, 4.69) is 33.0 Å². The standard InChI is InChI=1S/C17H27NO2/c1-12-8-6-7-9-14(12)15(19)11-18-16(20)10-13(2)17(3,4)5/h6-9,13,15,19H,10-11H2,1-5H3,(H,18,20). The second kappa shape index (κ2) is 6.89. The number of aliphatic hydroxyl groups is 1. The van der Waals surface area contributed by atoms with Crippen LogP contribution in [0.5, 0.6) is 0 Å². The molecule has 0 spiro atoms. The molecule has 0 aliphatic carbocycles. The highest BCUT2D eigenvalue weighted by Gasteiger charge is 2.22. The number of rotatable bonds is 5. The van der Waals surface area contributed by atoms with E-state index in [-0.39, 0.29) is 17.9 Å². The van der Waals surface area contributed by atoms with E-state index in [1.54, 1.807) is 0 Å². The Balaban J connectivity index is 2.48. The van der Waals surface area contributed by atoms with E-state index in [0.717, 1.165) is 11.1 Å². The van der Waals surface area contributed by atoms with Gasteiger partial charge in [0.2, 0.25) is 5.91 Å². The first-order valence-corrected chi connectivity index (χ1v) is 7.22. The van der Waals surface area contributed by atoms with E-state index in [1.165, 1.54) is 0 Å². The molecule has 1 amide bonds. The van der Waals surface area contributed by atoms with Crippen molar-refractivity contribution in [3.63, 3.8) is 0 Å². The lowest BCUT2D eigenvalue weighted by atomic mass is 9.80. The molecule has 0 saturated heterocycles. The van der Waals surface area contributed by atoms with Crippen molar-refractivity contribution in [2.24, 2.45) is 11.3 Å². The van der Waals surface area contributed by atoms with Crippen molar-refractivity contribution in [2.45, 2.75) is 47.1 Å². The molecule has 1 aromatic carbocycles. The minimum atomic E-state index is -0.648. The minimum Gasteiger partial charge on any atom is -0.387 e. The molecular formula is C17H27NO2. The molecule has 20 heavy (non-hydrogen) atoms. The number of aliphatic hydroxyl groups excluding tert-OH is 1. The zero-order valence-electron chi connectivity index (χ0n) is 13.2. The lowest BCUT2D eigenvalue weighted by Gasteiger charge is -2.26. The quantitative estimate of drug-likeness (QED) is 0.868. The minimum absolute atomic E-state index is 0.0000548. The molecule has 2 N–H and O–H groups in total. The summed E-state index contributed by atoms with van der Waals surface area (Å²) in [7, 11) is 0. The summed E-state index contributed by atoms with van der Waals surface area (Å²) >= 11 is 0. The summed E-state index contributed by atoms with van der Waals surface area (Å²) in [6.45, 7) is 10.7. The maximum atomic E-state index is 11.9.